The molecule has 0 aromatic heterocycles. The molecule has 1 aliphatic carbocycles. The van der Waals surface area contributed by atoms with Crippen LogP contribution in [0.4, 0.5) is 0 Å². The SMILES string of the molecule is CCCCCC[C@]1(C#N)CC[C@H](OC(=O)c2ccc(OCC)cc2)CC1. The number of hydrogen-bond donors (Lipinski definition) is 0. The highest BCUT2D eigenvalue weighted by atomic mass is 16.5. The zero-order valence-corrected chi connectivity index (χ0v) is 16.1. The largest absolute Gasteiger partial charge is 0.494 e. The minimum Gasteiger partial charge on any atom is -0.494 e. The molecule has 0 N–H and O–H groups in total. The number of unbranched alkanes of at least 4 members (excludes halogenated alkanes) is 3. The van der Waals surface area contributed by atoms with Gasteiger partial charge in [-0.3, -0.25) is 0 Å². The highest BCUT2D eigenvalue weighted by Crippen LogP contribution is 2.41. The normalized spacial score (nSPS) is 22.4. The highest BCUT2D eigenvalue weighted by molar-refractivity contribution is 5.89. The van der Waals surface area contributed by atoms with Crippen LogP contribution in [0, 0.1) is 16.7 Å². The summed E-state index contributed by atoms with van der Waals surface area (Å²) in [5.74, 6) is 0.467. The van der Waals surface area contributed by atoms with Crippen LogP contribution in [0.5, 0.6) is 5.75 Å². The molecule has 0 saturated heterocycles. The summed E-state index contributed by atoms with van der Waals surface area (Å²) < 4.78 is 11.1. The molecule has 2 rings (SSSR count). The fourth-order valence-corrected chi connectivity index (χ4v) is 3.64. The van der Waals surface area contributed by atoms with Gasteiger partial charge in [-0.25, -0.2) is 4.79 Å². The Morgan fingerprint density at radius 2 is 1.85 bits per heavy atom. The van der Waals surface area contributed by atoms with E-state index >= 15 is 0 Å². The predicted molar refractivity (Wildman–Crippen MR) is 102 cm³/mol. The Morgan fingerprint density at radius 3 is 2.42 bits per heavy atom. The number of esters is 1. The Balaban J connectivity index is 1.81. The van der Waals surface area contributed by atoms with Crippen molar-refractivity contribution < 1.29 is 14.3 Å². The number of nitriles is 1. The summed E-state index contributed by atoms with van der Waals surface area (Å²) in [4.78, 5) is 12.3. The van der Waals surface area contributed by atoms with Gasteiger partial charge in [0, 0.05) is 0 Å². The summed E-state index contributed by atoms with van der Waals surface area (Å²) in [7, 11) is 0. The molecule has 4 heteroatoms. The highest BCUT2D eigenvalue weighted by Gasteiger charge is 2.36. The van der Waals surface area contributed by atoms with Crippen LogP contribution in [-0.4, -0.2) is 18.7 Å². The van der Waals surface area contributed by atoms with Gasteiger partial charge in [-0.05, 0) is 63.3 Å². The number of carbonyl (C=O) groups excluding carboxylic acids is 1. The van der Waals surface area contributed by atoms with Crippen LogP contribution in [0.1, 0.15) is 82.0 Å². The molecular formula is C22H31NO3. The molecule has 0 amide bonds. The number of carbonyl (C=O) groups is 1. The first-order valence-electron chi connectivity index (χ1n) is 9.97. The lowest BCUT2D eigenvalue weighted by molar-refractivity contribution is 0.0105. The van der Waals surface area contributed by atoms with Crippen LogP contribution in [0.15, 0.2) is 24.3 Å². The molecule has 0 unspecified atom stereocenters. The summed E-state index contributed by atoms with van der Waals surface area (Å²) in [6.45, 7) is 4.73. The molecule has 0 bridgehead atoms. The van der Waals surface area contributed by atoms with Gasteiger partial charge in [-0.2, -0.15) is 5.26 Å². The molecule has 1 aromatic carbocycles. The fraction of sp³-hybridized carbons (Fsp3) is 0.636. The molecule has 1 aromatic rings. The lowest BCUT2D eigenvalue weighted by Gasteiger charge is -2.34. The zero-order chi connectivity index (χ0) is 18.8. The maximum atomic E-state index is 12.3. The second kappa shape index (κ2) is 10.2. The van der Waals surface area contributed by atoms with Gasteiger partial charge in [0.1, 0.15) is 11.9 Å². The van der Waals surface area contributed by atoms with E-state index in [4.69, 9.17) is 9.47 Å². The minimum absolute atomic E-state index is 0.0776. The number of rotatable bonds is 9. The summed E-state index contributed by atoms with van der Waals surface area (Å²) in [6, 6.07) is 9.62. The van der Waals surface area contributed by atoms with E-state index in [0.29, 0.717) is 12.2 Å². The van der Waals surface area contributed by atoms with E-state index in [9.17, 15) is 10.1 Å². The Bertz CT molecular complexity index is 595. The molecule has 1 saturated carbocycles. The Hall–Kier alpha value is -2.02. The molecule has 0 atom stereocenters. The Labute approximate surface area is 157 Å². The maximum absolute atomic E-state index is 12.3. The average Bonchev–Trinajstić information content (AvgIpc) is 2.67. The monoisotopic (exact) mass is 357 g/mol. The predicted octanol–water partition coefficient (Wildman–Crippen LogP) is 5.67. The minimum atomic E-state index is -0.287. The first-order chi connectivity index (χ1) is 12.6. The summed E-state index contributed by atoms with van der Waals surface area (Å²) in [6.07, 6.45) is 8.90. The third kappa shape index (κ3) is 5.76. The maximum Gasteiger partial charge on any atom is 0.338 e. The van der Waals surface area contributed by atoms with Crippen LogP contribution in [-0.2, 0) is 4.74 Å². The molecule has 0 radical (unpaired) electrons. The number of nitrogens with zero attached hydrogens (tertiary/aromatic N) is 1. The lowest BCUT2D eigenvalue weighted by Crippen LogP contribution is -2.31. The van der Waals surface area contributed by atoms with Crippen molar-refractivity contribution in [3.8, 4) is 11.8 Å². The standard InChI is InChI=1S/C22H31NO3/c1-3-5-6-7-14-22(17-23)15-12-20(13-16-22)26-21(24)18-8-10-19(11-9-18)25-4-2/h8-11,20H,3-7,12-16H2,1-2H3/t20-,22-. The van der Waals surface area contributed by atoms with Gasteiger partial charge in [0.25, 0.3) is 0 Å². The van der Waals surface area contributed by atoms with Crippen molar-refractivity contribution in [2.75, 3.05) is 6.61 Å². The first-order valence-corrected chi connectivity index (χ1v) is 9.97. The lowest BCUT2D eigenvalue weighted by atomic mass is 9.71. The van der Waals surface area contributed by atoms with Crippen LogP contribution >= 0.6 is 0 Å². The number of ether oxygens (including phenoxy) is 2. The topological polar surface area (TPSA) is 59.3 Å². The van der Waals surface area contributed by atoms with Gasteiger partial charge in [0.05, 0.1) is 23.7 Å². The fourth-order valence-electron chi connectivity index (χ4n) is 3.64. The average molecular weight is 357 g/mol. The van der Waals surface area contributed by atoms with Crippen molar-refractivity contribution in [3.63, 3.8) is 0 Å². The number of benzene rings is 1. The second-order valence-corrected chi connectivity index (χ2v) is 7.26. The van der Waals surface area contributed by atoms with E-state index in [-0.39, 0.29) is 17.5 Å². The van der Waals surface area contributed by atoms with Crippen LogP contribution in [0.3, 0.4) is 0 Å². The van der Waals surface area contributed by atoms with Gasteiger partial charge in [0.2, 0.25) is 0 Å². The van der Waals surface area contributed by atoms with Gasteiger partial charge < -0.3 is 9.47 Å². The van der Waals surface area contributed by atoms with Gasteiger partial charge in [-0.1, -0.05) is 32.6 Å². The van der Waals surface area contributed by atoms with Crippen molar-refractivity contribution in [2.45, 2.75) is 77.7 Å². The van der Waals surface area contributed by atoms with Gasteiger partial charge >= 0.3 is 5.97 Å². The quantitative estimate of drug-likeness (QED) is 0.422. The zero-order valence-electron chi connectivity index (χ0n) is 16.1. The van der Waals surface area contributed by atoms with Crippen molar-refractivity contribution in [1.29, 1.82) is 5.26 Å². The van der Waals surface area contributed by atoms with E-state index in [0.717, 1.165) is 44.3 Å². The molecule has 142 valence electrons. The summed E-state index contributed by atoms with van der Waals surface area (Å²) in [5.41, 5.74) is 0.334. The molecule has 1 aliphatic rings. The molecular weight excluding hydrogens is 326 g/mol. The van der Waals surface area contributed by atoms with E-state index < -0.39 is 0 Å². The molecule has 0 aliphatic heterocycles. The smallest absolute Gasteiger partial charge is 0.338 e. The Kier molecular flexibility index (Phi) is 7.97. The summed E-state index contributed by atoms with van der Waals surface area (Å²) >= 11 is 0. The first kappa shape index (κ1) is 20.3. The molecule has 4 nitrogen and oxygen atoms in total. The van der Waals surface area contributed by atoms with Gasteiger partial charge in [0.15, 0.2) is 0 Å². The second-order valence-electron chi connectivity index (χ2n) is 7.26. The summed E-state index contributed by atoms with van der Waals surface area (Å²) in [5, 5.41) is 9.64. The van der Waals surface area contributed by atoms with Crippen LogP contribution in [0.25, 0.3) is 0 Å². The molecule has 26 heavy (non-hydrogen) atoms. The third-order valence-corrected chi connectivity index (χ3v) is 5.31. The van der Waals surface area contributed by atoms with Crippen molar-refractivity contribution >= 4 is 5.97 Å². The van der Waals surface area contributed by atoms with Crippen molar-refractivity contribution in [2.24, 2.45) is 5.41 Å². The molecule has 1 fully saturated rings. The molecule has 0 spiro atoms. The molecule has 0 heterocycles. The van der Waals surface area contributed by atoms with Crippen molar-refractivity contribution in [1.82, 2.24) is 0 Å². The van der Waals surface area contributed by atoms with Crippen LogP contribution < -0.4 is 4.74 Å². The van der Waals surface area contributed by atoms with E-state index in [1.54, 1.807) is 24.3 Å². The van der Waals surface area contributed by atoms with Crippen LogP contribution in [0.2, 0.25) is 0 Å². The van der Waals surface area contributed by atoms with Crippen molar-refractivity contribution in [3.05, 3.63) is 29.8 Å². The van der Waals surface area contributed by atoms with Gasteiger partial charge in [-0.15, -0.1) is 0 Å². The van der Waals surface area contributed by atoms with E-state index in [1.165, 1.54) is 19.3 Å². The third-order valence-electron chi connectivity index (χ3n) is 5.31. The van der Waals surface area contributed by atoms with E-state index in [2.05, 4.69) is 13.0 Å². The number of hydrogen-bond acceptors (Lipinski definition) is 4. The van der Waals surface area contributed by atoms with E-state index in [1.807, 2.05) is 6.92 Å². The Morgan fingerprint density at radius 1 is 1.15 bits per heavy atom.